The van der Waals surface area contributed by atoms with E-state index in [1.165, 1.54) is 44.9 Å². The summed E-state index contributed by atoms with van der Waals surface area (Å²) in [5.41, 5.74) is 0. The van der Waals surface area contributed by atoms with Gasteiger partial charge in [-0.15, -0.1) is 0 Å². The number of rotatable bonds is 11. The minimum absolute atomic E-state index is 0.297. The van der Waals surface area contributed by atoms with E-state index >= 15 is 0 Å². The molecule has 0 heterocycles. The second-order valence-electron chi connectivity index (χ2n) is 4.28. The first-order chi connectivity index (χ1) is 7.91. The van der Waals surface area contributed by atoms with E-state index in [4.69, 9.17) is 5.11 Å². The van der Waals surface area contributed by atoms with Gasteiger partial charge in [0.05, 0.1) is 0 Å². The highest BCUT2D eigenvalue weighted by molar-refractivity contribution is 5.02. The summed E-state index contributed by atoms with van der Waals surface area (Å²) in [5.74, 6) is 0. The van der Waals surface area contributed by atoms with Crippen LogP contribution in [0.2, 0.25) is 0 Å². The maximum Gasteiger partial charge on any atom is 0.0433 e. The van der Waals surface area contributed by atoms with E-state index in [9.17, 15) is 0 Å². The predicted molar refractivity (Wildman–Crippen MR) is 72.6 cm³/mol. The Kier molecular flexibility index (Phi) is 13.9. The van der Waals surface area contributed by atoms with Crippen LogP contribution in [0.15, 0.2) is 24.3 Å². The van der Waals surface area contributed by atoms with Crippen molar-refractivity contribution in [2.75, 3.05) is 6.61 Å². The monoisotopic (exact) mass is 224 g/mol. The van der Waals surface area contributed by atoms with Crippen molar-refractivity contribution in [1.29, 1.82) is 0 Å². The Labute approximate surface area is 101 Å². The van der Waals surface area contributed by atoms with Crippen molar-refractivity contribution < 1.29 is 5.11 Å². The molecule has 0 unspecified atom stereocenters. The SMILES string of the molecule is CCCCCCCC/C=C/C=C/CCCO. The fourth-order valence-electron chi connectivity index (χ4n) is 1.60. The molecule has 0 aliphatic carbocycles. The maximum atomic E-state index is 8.58. The average molecular weight is 224 g/mol. The average Bonchev–Trinajstić information content (AvgIpc) is 2.31. The predicted octanol–water partition coefficient (Wildman–Crippen LogP) is 4.62. The zero-order valence-corrected chi connectivity index (χ0v) is 10.8. The third-order valence-corrected chi connectivity index (χ3v) is 2.64. The van der Waals surface area contributed by atoms with Gasteiger partial charge >= 0.3 is 0 Å². The van der Waals surface area contributed by atoms with Crippen molar-refractivity contribution in [2.24, 2.45) is 0 Å². The van der Waals surface area contributed by atoms with Crippen LogP contribution in [-0.2, 0) is 0 Å². The van der Waals surface area contributed by atoms with E-state index in [0.717, 1.165) is 12.8 Å². The first-order valence-corrected chi connectivity index (χ1v) is 6.84. The Morgan fingerprint density at radius 3 is 1.94 bits per heavy atom. The number of aliphatic hydroxyl groups excluding tert-OH is 1. The molecule has 0 saturated carbocycles. The fraction of sp³-hybridized carbons (Fsp3) is 0.733. The van der Waals surface area contributed by atoms with Crippen LogP contribution in [0.1, 0.15) is 64.7 Å². The standard InChI is InChI=1S/C15H28O/c1-2-3-4-5-6-7-8-9-10-11-12-13-14-15-16/h9-12,16H,2-8,13-15H2,1H3/b10-9+,12-11+. The molecular formula is C15H28O. The number of hydrogen-bond acceptors (Lipinski definition) is 1. The number of allylic oxidation sites excluding steroid dienone is 4. The van der Waals surface area contributed by atoms with Gasteiger partial charge in [-0.25, -0.2) is 0 Å². The molecule has 0 spiro atoms. The molecule has 0 amide bonds. The van der Waals surface area contributed by atoms with Gasteiger partial charge in [-0.1, -0.05) is 63.3 Å². The molecule has 0 rings (SSSR count). The van der Waals surface area contributed by atoms with Crippen LogP contribution in [0, 0.1) is 0 Å². The molecule has 0 aromatic heterocycles. The second-order valence-corrected chi connectivity index (χ2v) is 4.28. The van der Waals surface area contributed by atoms with E-state index in [1.807, 2.05) is 0 Å². The lowest BCUT2D eigenvalue weighted by atomic mass is 10.1. The van der Waals surface area contributed by atoms with Crippen molar-refractivity contribution in [1.82, 2.24) is 0 Å². The lowest BCUT2D eigenvalue weighted by molar-refractivity contribution is 0.289. The molecule has 0 aliphatic heterocycles. The fourth-order valence-corrected chi connectivity index (χ4v) is 1.60. The van der Waals surface area contributed by atoms with E-state index in [2.05, 4.69) is 31.2 Å². The summed E-state index contributed by atoms with van der Waals surface area (Å²) in [6.45, 7) is 2.55. The summed E-state index contributed by atoms with van der Waals surface area (Å²) in [6.07, 6.45) is 19.9. The number of aliphatic hydroxyl groups is 1. The number of unbranched alkanes of at least 4 members (excludes halogenated alkanes) is 7. The summed E-state index contributed by atoms with van der Waals surface area (Å²) in [6, 6.07) is 0. The van der Waals surface area contributed by atoms with Gasteiger partial charge in [0.15, 0.2) is 0 Å². The van der Waals surface area contributed by atoms with Gasteiger partial charge in [0, 0.05) is 6.61 Å². The molecule has 1 nitrogen and oxygen atoms in total. The molecule has 0 aliphatic rings. The van der Waals surface area contributed by atoms with Gasteiger partial charge in [-0.05, 0) is 25.7 Å². The van der Waals surface area contributed by atoms with Gasteiger partial charge in [0.2, 0.25) is 0 Å². The molecule has 0 bridgehead atoms. The maximum absolute atomic E-state index is 8.58. The third-order valence-electron chi connectivity index (χ3n) is 2.64. The molecule has 1 heteroatoms. The first-order valence-electron chi connectivity index (χ1n) is 6.84. The van der Waals surface area contributed by atoms with Crippen LogP contribution in [-0.4, -0.2) is 11.7 Å². The smallest absolute Gasteiger partial charge is 0.0433 e. The Hall–Kier alpha value is -0.560. The molecular weight excluding hydrogens is 196 g/mol. The van der Waals surface area contributed by atoms with Gasteiger partial charge in [0.1, 0.15) is 0 Å². The highest BCUT2D eigenvalue weighted by atomic mass is 16.2. The number of hydrogen-bond donors (Lipinski definition) is 1. The van der Waals surface area contributed by atoms with E-state index in [0.29, 0.717) is 6.61 Å². The van der Waals surface area contributed by atoms with Gasteiger partial charge < -0.3 is 5.11 Å². The van der Waals surface area contributed by atoms with Crippen molar-refractivity contribution in [3.8, 4) is 0 Å². The summed E-state index contributed by atoms with van der Waals surface area (Å²) in [4.78, 5) is 0. The van der Waals surface area contributed by atoms with Crippen LogP contribution in [0.4, 0.5) is 0 Å². The normalized spacial score (nSPS) is 11.9. The Bertz CT molecular complexity index is 170. The quantitative estimate of drug-likeness (QED) is 0.401. The van der Waals surface area contributed by atoms with Gasteiger partial charge in [0.25, 0.3) is 0 Å². The largest absolute Gasteiger partial charge is 0.396 e. The zero-order chi connectivity index (χ0) is 11.9. The zero-order valence-electron chi connectivity index (χ0n) is 10.8. The molecule has 0 saturated heterocycles. The molecule has 1 N–H and O–H groups in total. The summed E-state index contributed by atoms with van der Waals surface area (Å²) >= 11 is 0. The molecule has 0 aromatic carbocycles. The Morgan fingerprint density at radius 1 is 0.750 bits per heavy atom. The van der Waals surface area contributed by atoms with Crippen LogP contribution in [0.3, 0.4) is 0 Å². The second kappa shape index (κ2) is 14.4. The lowest BCUT2D eigenvalue weighted by Crippen LogP contribution is -1.78. The van der Waals surface area contributed by atoms with Gasteiger partial charge in [-0.3, -0.25) is 0 Å². The molecule has 16 heavy (non-hydrogen) atoms. The van der Waals surface area contributed by atoms with E-state index < -0.39 is 0 Å². The minimum atomic E-state index is 0.297. The molecule has 0 atom stereocenters. The van der Waals surface area contributed by atoms with Crippen LogP contribution in [0.5, 0.6) is 0 Å². The van der Waals surface area contributed by atoms with Crippen molar-refractivity contribution >= 4 is 0 Å². The topological polar surface area (TPSA) is 20.2 Å². The summed E-state index contributed by atoms with van der Waals surface area (Å²) in [5, 5.41) is 8.58. The van der Waals surface area contributed by atoms with Crippen molar-refractivity contribution in [3.05, 3.63) is 24.3 Å². The summed E-state index contributed by atoms with van der Waals surface area (Å²) in [7, 11) is 0. The van der Waals surface area contributed by atoms with Gasteiger partial charge in [-0.2, -0.15) is 0 Å². The highest BCUT2D eigenvalue weighted by Crippen LogP contribution is 2.07. The summed E-state index contributed by atoms with van der Waals surface area (Å²) < 4.78 is 0. The van der Waals surface area contributed by atoms with E-state index in [-0.39, 0.29) is 0 Å². The Morgan fingerprint density at radius 2 is 1.31 bits per heavy atom. The Balaban J connectivity index is 3.12. The lowest BCUT2D eigenvalue weighted by Gasteiger charge is -1.97. The molecule has 0 fully saturated rings. The molecule has 0 radical (unpaired) electrons. The highest BCUT2D eigenvalue weighted by Gasteiger charge is 1.87. The third kappa shape index (κ3) is 13.4. The van der Waals surface area contributed by atoms with Crippen LogP contribution < -0.4 is 0 Å². The molecule has 94 valence electrons. The first kappa shape index (κ1) is 15.4. The van der Waals surface area contributed by atoms with E-state index in [1.54, 1.807) is 0 Å². The molecule has 0 aromatic rings. The van der Waals surface area contributed by atoms with Crippen molar-refractivity contribution in [2.45, 2.75) is 64.7 Å². The van der Waals surface area contributed by atoms with Crippen LogP contribution in [0.25, 0.3) is 0 Å². The van der Waals surface area contributed by atoms with Crippen molar-refractivity contribution in [3.63, 3.8) is 0 Å². The minimum Gasteiger partial charge on any atom is -0.396 e. The van der Waals surface area contributed by atoms with Crippen LogP contribution >= 0.6 is 0 Å².